The highest BCUT2D eigenvalue weighted by molar-refractivity contribution is 7.93. The summed E-state index contributed by atoms with van der Waals surface area (Å²) in [5.74, 6) is 0. The zero-order valence-electron chi connectivity index (χ0n) is 8.29. The smallest absolute Gasteiger partial charge is 0.184 e. The Balaban J connectivity index is 3.33. The average molecular weight is 218 g/mol. The Morgan fingerprint density at radius 2 is 1.85 bits per heavy atom. The van der Waals surface area contributed by atoms with Crippen molar-refractivity contribution in [2.24, 2.45) is 0 Å². The summed E-state index contributed by atoms with van der Waals surface area (Å²) in [6.07, 6.45) is 0. The van der Waals surface area contributed by atoms with Gasteiger partial charge in [0.2, 0.25) is 0 Å². The molecule has 0 saturated heterocycles. The first-order valence-electron chi connectivity index (χ1n) is 4.05. The number of aryl methyl sites for hydroxylation is 1. The maximum Gasteiger partial charge on any atom is 0.184 e. The zero-order valence-corrected chi connectivity index (χ0v) is 9.92. The average Bonchev–Trinajstić information content (AvgIpc) is 2.32. The van der Waals surface area contributed by atoms with E-state index in [0.29, 0.717) is 4.90 Å². The molecule has 0 aromatic carbocycles. The van der Waals surface area contributed by atoms with E-state index in [-0.39, 0.29) is 0 Å². The minimum atomic E-state index is -3.15. The largest absolute Gasteiger partial charge is 0.223 e. The van der Waals surface area contributed by atoms with Gasteiger partial charge in [-0.25, -0.2) is 8.42 Å². The molecule has 1 rings (SSSR count). The molecule has 0 amide bonds. The van der Waals surface area contributed by atoms with Crippen molar-refractivity contribution in [2.45, 2.75) is 37.3 Å². The van der Waals surface area contributed by atoms with E-state index in [1.807, 2.05) is 12.3 Å². The molecule has 2 nitrogen and oxygen atoms in total. The summed E-state index contributed by atoms with van der Waals surface area (Å²) in [4.78, 5) is 1.35. The third-order valence-corrected chi connectivity index (χ3v) is 5.52. The Bertz CT molecular complexity index is 393. The molecule has 0 aliphatic carbocycles. The van der Waals surface area contributed by atoms with Crippen molar-refractivity contribution in [3.63, 3.8) is 0 Å². The molecule has 0 bridgehead atoms. The summed E-state index contributed by atoms with van der Waals surface area (Å²) in [7, 11) is -3.15. The van der Waals surface area contributed by atoms with Crippen molar-refractivity contribution < 1.29 is 8.42 Å². The van der Waals surface area contributed by atoms with Crippen LogP contribution in [0.3, 0.4) is 0 Å². The fraction of sp³-hybridized carbons (Fsp3) is 0.556. The van der Waals surface area contributed by atoms with Gasteiger partial charge in [0.25, 0.3) is 0 Å². The van der Waals surface area contributed by atoms with Gasteiger partial charge < -0.3 is 0 Å². The van der Waals surface area contributed by atoms with Crippen molar-refractivity contribution in [3.8, 4) is 0 Å². The fourth-order valence-electron chi connectivity index (χ4n) is 0.982. The highest BCUT2D eigenvalue weighted by Crippen LogP contribution is 2.29. The molecule has 0 aliphatic heterocycles. The number of rotatable bonds is 1. The van der Waals surface area contributed by atoms with Crippen LogP contribution in [0.1, 0.15) is 25.6 Å². The van der Waals surface area contributed by atoms with Gasteiger partial charge in [-0.1, -0.05) is 0 Å². The van der Waals surface area contributed by atoms with Gasteiger partial charge in [-0.3, -0.25) is 0 Å². The van der Waals surface area contributed by atoms with E-state index in [9.17, 15) is 8.42 Å². The minimum Gasteiger partial charge on any atom is -0.223 e. The van der Waals surface area contributed by atoms with Gasteiger partial charge in [-0.15, -0.1) is 11.3 Å². The van der Waals surface area contributed by atoms with Crippen molar-refractivity contribution in [1.82, 2.24) is 0 Å². The normalized spacial score (nSPS) is 13.2. The highest BCUT2D eigenvalue weighted by atomic mass is 32.2. The van der Waals surface area contributed by atoms with Crippen LogP contribution < -0.4 is 0 Å². The van der Waals surface area contributed by atoms with Gasteiger partial charge >= 0.3 is 0 Å². The van der Waals surface area contributed by atoms with Crippen LogP contribution in [0.5, 0.6) is 0 Å². The van der Waals surface area contributed by atoms with E-state index in [2.05, 4.69) is 0 Å². The molecule has 0 fully saturated rings. The van der Waals surface area contributed by atoms with E-state index in [1.54, 1.807) is 26.8 Å². The summed E-state index contributed by atoms with van der Waals surface area (Å²) < 4.78 is 23.2. The molecule has 74 valence electrons. The molecule has 1 aromatic heterocycles. The van der Waals surface area contributed by atoms with Gasteiger partial charge in [0.1, 0.15) is 0 Å². The quantitative estimate of drug-likeness (QED) is 0.726. The number of hydrogen-bond acceptors (Lipinski definition) is 3. The molecule has 1 heterocycles. The Morgan fingerprint density at radius 1 is 1.31 bits per heavy atom. The lowest BCUT2D eigenvalue weighted by atomic mass is 10.3. The summed E-state index contributed by atoms with van der Waals surface area (Å²) in [6, 6.07) is 1.68. The van der Waals surface area contributed by atoms with Crippen LogP contribution in [0, 0.1) is 6.92 Å². The molecule has 0 saturated carbocycles. The first-order valence-corrected chi connectivity index (χ1v) is 6.42. The van der Waals surface area contributed by atoms with Gasteiger partial charge in [-0.05, 0) is 39.1 Å². The molecular weight excluding hydrogens is 204 g/mol. The molecule has 0 radical (unpaired) electrons. The molecule has 4 heteroatoms. The SMILES string of the molecule is Cc1sccc1S(=O)(=O)C(C)(C)C. The Labute approximate surface area is 83.5 Å². The summed E-state index contributed by atoms with van der Waals surface area (Å²) in [5, 5.41) is 1.81. The topological polar surface area (TPSA) is 34.1 Å². The van der Waals surface area contributed by atoms with Crippen LogP contribution in [0.15, 0.2) is 16.3 Å². The van der Waals surface area contributed by atoms with E-state index >= 15 is 0 Å². The van der Waals surface area contributed by atoms with Crippen molar-refractivity contribution in [2.75, 3.05) is 0 Å². The predicted molar refractivity (Wildman–Crippen MR) is 56.0 cm³/mol. The lowest BCUT2D eigenvalue weighted by molar-refractivity contribution is 0.560. The molecule has 13 heavy (non-hydrogen) atoms. The van der Waals surface area contributed by atoms with Crippen molar-refractivity contribution >= 4 is 21.2 Å². The molecule has 1 aromatic rings. The number of sulfone groups is 1. The van der Waals surface area contributed by atoms with Crippen LogP contribution >= 0.6 is 11.3 Å². The predicted octanol–water partition coefficient (Wildman–Crippen LogP) is 2.63. The number of thiophene rings is 1. The van der Waals surface area contributed by atoms with Gasteiger partial charge in [0.15, 0.2) is 9.84 Å². The maximum absolute atomic E-state index is 11.9. The third kappa shape index (κ3) is 1.79. The van der Waals surface area contributed by atoms with Crippen LogP contribution in [-0.2, 0) is 9.84 Å². The molecule has 0 atom stereocenters. The van der Waals surface area contributed by atoms with Gasteiger partial charge in [0.05, 0.1) is 9.64 Å². The molecule has 0 spiro atoms. The second-order valence-electron chi connectivity index (χ2n) is 3.96. The second kappa shape index (κ2) is 3.10. The summed E-state index contributed by atoms with van der Waals surface area (Å²) >= 11 is 1.47. The minimum absolute atomic E-state index is 0.477. The number of hydrogen-bond donors (Lipinski definition) is 0. The van der Waals surface area contributed by atoms with Crippen molar-refractivity contribution in [3.05, 3.63) is 16.3 Å². The maximum atomic E-state index is 11.9. The van der Waals surface area contributed by atoms with Crippen LogP contribution in [-0.4, -0.2) is 13.2 Å². The van der Waals surface area contributed by atoms with E-state index in [1.165, 1.54) is 11.3 Å². The Hall–Kier alpha value is -0.350. The first kappa shape index (κ1) is 10.7. The van der Waals surface area contributed by atoms with E-state index in [0.717, 1.165) is 4.88 Å². The van der Waals surface area contributed by atoms with Gasteiger partial charge in [0, 0.05) is 4.88 Å². The van der Waals surface area contributed by atoms with Crippen molar-refractivity contribution in [1.29, 1.82) is 0 Å². The van der Waals surface area contributed by atoms with E-state index < -0.39 is 14.6 Å². The fourth-order valence-corrected chi connectivity index (χ4v) is 3.42. The van der Waals surface area contributed by atoms with Crippen LogP contribution in [0.2, 0.25) is 0 Å². The summed E-state index contributed by atoms with van der Waals surface area (Å²) in [5.41, 5.74) is 0. The standard InChI is InChI=1S/C9H14O2S2/c1-7-8(5-6-12-7)13(10,11)9(2,3)4/h5-6H,1-4H3. The molecular formula is C9H14O2S2. The van der Waals surface area contributed by atoms with Gasteiger partial charge in [-0.2, -0.15) is 0 Å². The Morgan fingerprint density at radius 3 is 2.15 bits per heavy atom. The van der Waals surface area contributed by atoms with E-state index in [4.69, 9.17) is 0 Å². The van der Waals surface area contributed by atoms with Crippen LogP contribution in [0.25, 0.3) is 0 Å². The monoisotopic (exact) mass is 218 g/mol. The first-order chi connectivity index (χ1) is 5.77. The zero-order chi connectivity index (χ0) is 10.3. The Kier molecular flexibility index (Phi) is 2.56. The van der Waals surface area contributed by atoms with Crippen LogP contribution in [0.4, 0.5) is 0 Å². The molecule has 0 N–H and O–H groups in total. The third-order valence-electron chi connectivity index (χ3n) is 1.91. The second-order valence-corrected chi connectivity index (χ2v) is 7.75. The highest BCUT2D eigenvalue weighted by Gasteiger charge is 2.32. The molecule has 0 aliphatic rings. The lowest BCUT2D eigenvalue weighted by Crippen LogP contribution is -2.27. The lowest BCUT2D eigenvalue weighted by Gasteiger charge is -2.18. The molecule has 0 unspecified atom stereocenters. The summed E-state index contributed by atoms with van der Waals surface area (Å²) in [6.45, 7) is 7.00.